The van der Waals surface area contributed by atoms with Crippen molar-refractivity contribution in [3.8, 4) is 11.5 Å². The maximum absolute atomic E-state index is 12.7. The summed E-state index contributed by atoms with van der Waals surface area (Å²) in [6.07, 6.45) is 0.726. The molecule has 8 heteroatoms. The summed E-state index contributed by atoms with van der Waals surface area (Å²) in [7, 11) is 3.12. The van der Waals surface area contributed by atoms with Crippen molar-refractivity contribution in [2.24, 2.45) is 0 Å². The van der Waals surface area contributed by atoms with Crippen LogP contribution in [0.4, 0.5) is 0 Å². The minimum absolute atomic E-state index is 0.115. The van der Waals surface area contributed by atoms with E-state index in [1.807, 2.05) is 33.8 Å². The molecule has 0 spiro atoms. The van der Waals surface area contributed by atoms with Gasteiger partial charge in [0.05, 0.1) is 23.8 Å². The van der Waals surface area contributed by atoms with Crippen LogP contribution in [-0.2, 0) is 16.0 Å². The number of Topliss-reactive ketones (excluding diaryl/α,β-unsaturated/α-hetero) is 1. The second-order valence-corrected chi connectivity index (χ2v) is 7.85. The molecule has 0 N–H and O–H groups in total. The van der Waals surface area contributed by atoms with Crippen LogP contribution in [0.3, 0.4) is 0 Å². The fraction of sp³-hybridized carbons (Fsp3) is 0.478. The van der Waals surface area contributed by atoms with Gasteiger partial charge in [0.15, 0.2) is 18.1 Å². The lowest BCUT2D eigenvalue weighted by Gasteiger charge is -2.16. The molecule has 170 valence electrons. The van der Waals surface area contributed by atoms with Gasteiger partial charge in [-0.25, -0.2) is 4.79 Å². The third-order valence-corrected chi connectivity index (χ3v) is 5.04. The fourth-order valence-electron chi connectivity index (χ4n) is 3.27. The summed E-state index contributed by atoms with van der Waals surface area (Å²) < 4.78 is 23.3. The van der Waals surface area contributed by atoms with Crippen molar-refractivity contribution in [1.29, 1.82) is 0 Å². The predicted molar refractivity (Wildman–Crippen MR) is 119 cm³/mol. The number of aromatic nitrogens is 1. The van der Waals surface area contributed by atoms with Crippen LogP contribution in [0.1, 0.15) is 52.4 Å². The second-order valence-electron chi connectivity index (χ2n) is 7.44. The van der Waals surface area contributed by atoms with E-state index >= 15 is 0 Å². The molecule has 0 bridgehead atoms. The number of hydrogen-bond donors (Lipinski definition) is 0. The molecule has 0 unspecified atom stereocenters. The van der Waals surface area contributed by atoms with Crippen molar-refractivity contribution in [3.05, 3.63) is 45.7 Å². The first-order chi connectivity index (χ1) is 14.7. The number of hydrogen-bond acceptors (Lipinski definition) is 6. The molecule has 0 amide bonds. The molecule has 2 rings (SSSR count). The number of rotatable bonds is 11. The molecular formula is C23H30ClNO6. The third-order valence-electron chi connectivity index (χ3n) is 4.76. The maximum atomic E-state index is 12.7. The van der Waals surface area contributed by atoms with Gasteiger partial charge >= 0.3 is 5.97 Å². The highest BCUT2D eigenvalue weighted by Crippen LogP contribution is 2.37. The monoisotopic (exact) mass is 451 g/mol. The molecule has 1 aromatic heterocycles. The highest BCUT2D eigenvalue weighted by molar-refractivity contribution is 6.32. The van der Waals surface area contributed by atoms with Crippen molar-refractivity contribution in [2.75, 3.05) is 27.4 Å². The van der Waals surface area contributed by atoms with Gasteiger partial charge in [0.1, 0.15) is 0 Å². The second kappa shape index (κ2) is 11.2. The number of benzene rings is 1. The van der Waals surface area contributed by atoms with Gasteiger partial charge in [0.2, 0.25) is 5.78 Å². The number of methoxy groups -OCH3 is 2. The highest BCUT2D eigenvalue weighted by atomic mass is 35.5. The number of aryl methyl sites for hydroxylation is 1. The van der Waals surface area contributed by atoms with Gasteiger partial charge in [-0.3, -0.25) is 4.79 Å². The number of carbonyl (C=O) groups excluding carboxylic acids is 2. The van der Waals surface area contributed by atoms with E-state index in [1.54, 1.807) is 7.11 Å². The Bertz CT molecular complexity index is 935. The third kappa shape index (κ3) is 6.24. The zero-order valence-corrected chi connectivity index (χ0v) is 19.7. The maximum Gasteiger partial charge on any atom is 0.338 e. The molecule has 1 heterocycles. The van der Waals surface area contributed by atoms with Crippen LogP contribution in [0.15, 0.2) is 18.2 Å². The minimum Gasteiger partial charge on any atom is -0.493 e. The fourth-order valence-corrected chi connectivity index (χ4v) is 3.53. The first-order valence-electron chi connectivity index (χ1n) is 10.1. The van der Waals surface area contributed by atoms with E-state index in [0.717, 1.165) is 24.4 Å². The highest BCUT2D eigenvalue weighted by Gasteiger charge is 2.20. The van der Waals surface area contributed by atoms with Gasteiger partial charge in [-0.05, 0) is 52.3 Å². The summed E-state index contributed by atoms with van der Waals surface area (Å²) in [4.78, 5) is 25.2. The molecule has 31 heavy (non-hydrogen) atoms. The quantitative estimate of drug-likeness (QED) is 0.281. The Hall–Kier alpha value is -2.51. The molecular weight excluding hydrogens is 422 g/mol. The van der Waals surface area contributed by atoms with Crippen LogP contribution in [0.25, 0.3) is 0 Å². The molecule has 0 aliphatic carbocycles. The van der Waals surface area contributed by atoms with Gasteiger partial charge in [0, 0.05) is 37.2 Å². The lowest BCUT2D eigenvalue weighted by atomic mass is 10.1. The minimum atomic E-state index is -0.668. The Balaban J connectivity index is 2.10. The first kappa shape index (κ1) is 24.8. The van der Waals surface area contributed by atoms with Crippen molar-refractivity contribution in [3.63, 3.8) is 0 Å². The summed E-state index contributed by atoms with van der Waals surface area (Å²) in [6, 6.07) is 4.74. The van der Waals surface area contributed by atoms with Crippen LogP contribution in [-0.4, -0.2) is 49.9 Å². The average molecular weight is 452 g/mol. The van der Waals surface area contributed by atoms with Crippen LogP contribution >= 0.6 is 11.6 Å². The summed E-state index contributed by atoms with van der Waals surface area (Å²) in [5.74, 6) is -0.261. The van der Waals surface area contributed by atoms with E-state index in [-0.39, 0.29) is 29.1 Å². The zero-order chi connectivity index (χ0) is 23.1. The largest absolute Gasteiger partial charge is 0.493 e. The van der Waals surface area contributed by atoms with E-state index in [1.165, 1.54) is 19.2 Å². The number of nitrogens with zero attached hydrogens (tertiary/aromatic N) is 1. The molecule has 0 saturated carbocycles. The Morgan fingerprint density at radius 3 is 2.45 bits per heavy atom. The van der Waals surface area contributed by atoms with Crippen molar-refractivity contribution in [1.82, 2.24) is 4.57 Å². The number of carbonyl (C=O) groups is 2. The van der Waals surface area contributed by atoms with Crippen molar-refractivity contribution in [2.45, 2.75) is 46.8 Å². The molecule has 0 aliphatic heterocycles. The van der Waals surface area contributed by atoms with Crippen molar-refractivity contribution >= 4 is 23.4 Å². The Labute approximate surface area is 188 Å². The van der Waals surface area contributed by atoms with Gasteiger partial charge < -0.3 is 23.5 Å². The normalized spacial score (nSPS) is 11.0. The molecule has 0 aliphatic rings. The lowest BCUT2D eigenvalue weighted by Crippen LogP contribution is -2.15. The standard InChI is InChI=1S/C23H30ClNO6/c1-14(2)31-22-19(24)11-17(12-21(22)29-6)23(27)30-13-20(26)18-10-15(3)25(16(18)4)8-7-9-28-5/h10-12,14H,7-9,13H2,1-6H3. The summed E-state index contributed by atoms with van der Waals surface area (Å²) in [6.45, 7) is 8.57. The van der Waals surface area contributed by atoms with Crippen LogP contribution in [0.2, 0.25) is 5.02 Å². The lowest BCUT2D eigenvalue weighted by molar-refractivity contribution is 0.0474. The predicted octanol–water partition coefficient (Wildman–Crippen LogP) is 4.63. The molecule has 1 aromatic carbocycles. The summed E-state index contributed by atoms with van der Waals surface area (Å²) in [5, 5.41) is 0.228. The van der Waals surface area contributed by atoms with E-state index in [9.17, 15) is 9.59 Å². The van der Waals surface area contributed by atoms with E-state index in [4.69, 9.17) is 30.5 Å². The van der Waals surface area contributed by atoms with E-state index < -0.39 is 5.97 Å². The Kier molecular flexibility index (Phi) is 8.95. The summed E-state index contributed by atoms with van der Waals surface area (Å²) in [5.41, 5.74) is 2.53. The smallest absolute Gasteiger partial charge is 0.338 e. The molecule has 0 saturated heterocycles. The van der Waals surface area contributed by atoms with Gasteiger partial charge in [0.25, 0.3) is 0 Å². The molecule has 0 atom stereocenters. The van der Waals surface area contributed by atoms with Gasteiger partial charge in [-0.1, -0.05) is 11.6 Å². The van der Waals surface area contributed by atoms with Crippen LogP contribution < -0.4 is 9.47 Å². The van der Waals surface area contributed by atoms with E-state index in [2.05, 4.69) is 4.57 Å². The molecule has 7 nitrogen and oxygen atoms in total. The number of ether oxygens (including phenoxy) is 4. The topological polar surface area (TPSA) is 76.0 Å². The summed E-state index contributed by atoms with van der Waals surface area (Å²) >= 11 is 6.26. The van der Waals surface area contributed by atoms with Gasteiger partial charge in [-0.15, -0.1) is 0 Å². The van der Waals surface area contributed by atoms with Crippen LogP contribution in [0.5, 0.6) is 11.5 Å². The SMILES string of the molecule is COCCCn1c(C)cc(C(=O)COC(=O)c2cc(Cl)c(OC(C)C)c(OC)c2)c1C. The number of esters is 1. The number of halogens is 1. The molecule has 0 fully saturated rings. The average Bonchev–Trinajstić information content (AvgIpc) is 3.01. The molecule has 0 radical (unpaired) electrons. The van der Waals surface area contributed by atoms with Crippen LogP contribution in [0, 0.1) is 13.8 Å². The van der Waals surface area contributed by atoms with Gasteiger partial charge in [-0.2, -0.15) is 0 Å². The van der Waals surface area contributed by atoms with Crippen molar-refractivity contribution < 1.29 is 28.5 Å². The Morgan fingerprint density at radius 2 is 1.84 bits per heavy atom. The van der Waals surface area contributed by atoms with E-state index in [0.29, 0.717) is 23.7 Å². The zero-order valence-electron chi connectivity index (χ0n) is 18.9. The first-order valence-corrected chi connectivity index (χ1v) is 10.5. The number of ketones is 1. The Morgan fingerprint density at radius 1 is 1.13 bits per heavy atom. The molecule has 2 aromatic rings.